The number of aryl methyl sites for hydroxylation is 1. The molecule has 15 heavy (non-hydrogen) atoms. The fourth-order valence-electron chi connectivity index (χ4n) is 1.23. The monoisotopic (exact) mass is 250 g/mol. The summed E-state index contributed by atoms with van der Waals surface area (Å²) in [6, 6.07) is 4.46. The average molecular weight is 251 g/mol. The van der Waals surface area contributed by atoms with Gasteiger partial charge in [-0.25, -0.2) is 0 Å². The topological polar surface area (TPSA) is 34.1 Å². The van der Waals surface area contributed by atoms with Gasteiger partial charge in [-0.05, 0) is 32.0 Å². The Morgan fingerprint density at radius 1 is 1.47 bits per heavy atom. The van der Waals surface area contributed by atoms with Crippen LogP contribution < -0.4 is 10.1 Å². The molecule has 0 aromatic carbocycles. The highest BCUT2D eigenvalue weighted by molar-refractivity contribution is 5.85. The van der Waals surface area contributed by atoms with Crippen molar-refractivity contribution in [2.24, 2.45) is 0 Å². The summed E-state index contributed by atoms with van der Waals surface area (Å²) < 4.78 is 5.54. The highest BCUT2D eigenvalue weighted by Gasteiger charge is 2.16. The first-order chi connectivity index (χ1) is 6.34. The van der Waals surface area contributed by atoms with Gasteiger partial charge in [0.2, 0.25) is 0 Å². The number of rotatable bonds is 3. The van der Waals surface area contributed by atoms with Crippen molar-refractivity contribution in [2.75, 3.05) is 13.2 Å². The van der Waals surface area contributed by atoms with Gasteiger partial charge >= 0.3 is 0 Å². The molecule has 86 valence electrons. The van der Waals surface area contributed by atoms with Gasteiger partial charge in [0.15, 0.2) is 0 Å². The molecule has 0 amide bonds. The third kappa shape index (κ3) is 4.24. The van der Waals surface area contributed by atoms with Gasteiger partial charge in [-0.1, -0.05) is 0 Å². The second-order valence-electron chi connectivity index (χ2n) is 3.39. The number of nitrogens with zero attached hydrogens (tertiary/aromatic N) is 1. The number of aromatic nitrogens is 1. The summed E-state index contributed by atoms with van der Waals surface area (Å²) in [6.07, 6.45) is 2.99. The maximum absolute atomic E-state index is 5.54. The molecule has 0 radical (unpaired) electrons. The lowest BCUT2D eigenvalue weighted by atomic mass is 10.1. The molecule has 0 saturated carbocycles. The first kappa shape index (κ1) is 14.5. The largest absolute Gasteiger partial charge is 0.490 e. The molecule has 1 saturated heterocycles. The molecular formula is C10H16Cl2N2O. The quantitative estimate of drug-likeness (QED) is 0.891. The van der Waals surface area contributed by atoms with E-state index in [4.69, 9.17) is 4.74 Å². The Morgan fingerprint density at radius 3 is 2.67 bits per heavy atom. The van der Waals surface area contributed by atoms with Crippen LogP contribution in [0.1, 0.15) is 12.1 Å². The molecule has 1 N–H and O–H groups in total. The van der Waals surface area contributed by atoms with Crippen LogP contribution in [0.15, 0.2) is 18.3 Å². The Kier molecular flexibility index (Phi) is 6.65. The van der Waals surface area contributed by atoms with E-state index in [0.717, 1.165) is 24.6 Å². The van der Waals surface area contributed by atoms with E-state index in [2.05, 4.69) is 10.3 Å². The van der Waals surface area contributed by atoms with Crippen LogP contribution in [0.4, 0.5) is 0 Å². The Balaban J connectivity index is 0.000000980. The highest BCUT2D eigenvalue weighted by atomic mass is 35.5. The first-order valence-electron chi connectivity index (χ1n) is 4.63. The number of hydrogen-bond acceptors (Lipinski definition) is 3. The van der Waals surface area contributed by atoms with Crippen LogP contribution in [-0.2, 0) is 0 Å². The first-order valence-corrected chi connectivity index (χ1v) is 4.63. The summed E-state index contributed by atoms with van der Waals surface area (Å²) >= 11 is 0. The van der Waals surface area contributed by atoms with E-state index in [0.29, 0.717) is 6.04 Å². The predicted octanol–water partition coefficient (Wildman–Crippen LogP) is 1.97. The lowest BCUT2D eigenvalue weighted by molar-refractivity contribution is 0.217. The van der Waals surface area contributed by atoms with Crippen LogP contribution in [0.5, 0.6) is 5.75 Å². The Bertz CT molecular complexity index is 275. The number of hydrogen-bond donors (Lipinski definition) is 1. The zero-order valence-corrected chi connectivity index (χ0v) is 10.2. The normalized spacial score (nSPS) is 18.1. The van der Waals surface area contributed by atoms with E-state index in [1.807, 2.05) is 19.1 Å². The van der Waals surface area contributed by atoms with Gasteiger partial charge < -0.3 is 10.1 Å². The molecule has 3 nitrogen and oxygen atoms in total. The van der Waals surface area contributed by atoms with Gasteiger partial charge in [-0.3, -0.25) is 4.98 Å². The van der Waals surface area contributed by atoms with E-state index in [-0.39, 0.29) is 24.8 Å². The molecule has 2 rings (SSSR count). The van der Waals surface area contributed by atoms with E-state index in [1.54, 1.807) is 6.20 Å². The lowest BCUT2D eigenvalue weighted by Crippen LogP contribution is -2.46. The predicted molar refractivity (Wildman–Crippen MR) is 65.4 cm³/mol. The van der Waals surface area contributed by atoms with Gasteiger partial charge in [0.1, 0.15) is 12.4 Å². The maximum atomic E-state index is 5.54. The molecule has 1 atom stereocenters. The van der Waals surface area contributed by atoms with Crippen molar-refractivity contribution in [1.29, 1.82) is 0 Å². The number of nitrogens with one attached hydrogen (secondary N) is 1. The van der Waals surface area contributed by atoms with Crippen molar-refractivity contribution in [3.05, 3.63) is 24.0 Å². The van der Waals surface area contributed by atoms with Crippen molar-refractivity contribution in [3.8, 4) is 5.75 Å². The Morgan fingerprint density at radius 2 is 2.20 bits per heavy atom. The summed E-state index contributed by atoms with van der Waals surface area (Å²) in [6.45, 7) is 3.85. The summed E-state index contributed by atoms with van der Waals surface area (Å²) in [5.74, 6) is 0.860. The van der Waals surface area contributed by atoms with Crippen molar-refractivity contribution in [1.82, 2.24) is 10.3 Å². The fourth-order valence-corrected chi connectivity index (χ4v) is 1.23. The highest BCUT2D eigenvalue weighted by Crippen LogP contribution is 2.10. The van der Waals surface area contributed by atoms with Crippen molar-refractivity contribution < 1.29 is 4.74 Å². The van der Waals surface area contributed by atoms with Crippen LogP contribution in [0.2, 0.25) is 0 Å². The zero-order valence-electron chi connectivity index (χ0n) is 8.60. The molecule has 1 aromatic heterocycles. The molecule has 0 aliphatic carbocycles. The minimum atomic E-state index is 0. The summed E-state index contributed by atoms with van der Waals surface area (Å²) in [5, 5.41) is 3.28. The van der Waals surface area contributed by atoms with Crippen LogP contribution in [0, 0.1) is 6.92 Å². The molecule has 0 spiro atoms. The van der Waals surface area contributed by atoms with E-state index in [1.165, 1.54) is 6.42 Å². The molecule has 1 aromatic rings. The minimum Gasteiger partial charge on any atom is -0.490 e. The maximum Gasteiger partial charge on any atom is 0.137 e. The number of pyridine rings is 1. The molecule has 2 heterocycles. The molecule has 0 unspecified atom stereocenters. The smallest absolute Gasteiger partial charge is 0.137 e. The minimum absolute atomic E-state index is 0. The summed E-state index contributed by atoms with van der Waals surface area (Å²) in [5.41, 5.74) is 1.02. The molecule has 1 aliphatic heterocycles. The third-order valence-electron chi connectivity index (χ3n) is 2.26. The van der Waals surface area contributed by atoms with Gasteiger partial charge in [-0.2, -0.15) is 0 Å². The zero-order chi connectivity index (χ0) is 9.10. The van der Waals surface area contributed by atoms with Gasteiger partial charge in [0, 0.05) is 11.7 Å². The van der Waals surface area contributed by atoms with Crippen LogP contribution in [-0.4, -0.2) is 24.2 Å². The Labute approximate surface area is 102 Å². The SMILES string of the molecule is Cc1ccc(OC[C@@H]2CCN2)cn1.Cl.Cl. The van der Waals surface area contributed by atoms with Crippen molar-refractivity contribution in [3.63, 3.8) is 0 Å². The third-order valence-corrected chi connectivity index (χ3v) is 2.26. The second-order valence-corrected chi connectivity index (χ2v) is 3.39. The molecule has 1 aliphatic rings. The molecular weight excluding hydrogens is 235 g/mol. The van der Waals surface area contributed by atoms with E-state index in [9.17, 15) is 0 Å². The van der Waals surface area contributed by atoms with Gasteiger partial charge in [0.05, 0.1) is 6.20 Å². The van der Waals surface area contributed by atoms with Crippen molar-refractivity contribution in [2.45, 2.75) is 19.4 Å². The lowest BCUT2D eigenvalue weighted by Gasteiger charge is -2.27. The number of ether oxygens (including phenoxy) is 1. The van der Waals surface area contributed by atoms with Crippen LogP contribution in [0.3, 0.4) is 0 Å². The van der Waals surface area contributed by atoms with Gasteiger partial charge in [-0.15, -0.1) is 24.8 Å². The summed E-state index contributed by atoms with van der Waals surface area (Å²) in [4.78, 5) is 4.16. The molecule has 5 heteroatoms. The van der Waals surface area contributed by atoms with E-state index < -0.39 is 0 Å². The standard InChI is InChI=1S/C10H14N2O.2ClH/c1-8-2-3-10(6-12-8)13-7-9-4-5-11-9;;/h2-3,6,9,11H,4-5,7H2,1H3;2*1H/t9-;;/m0../s1. The average Bonchev–Trinajstić information content (AvgIpc) is 2.05. The molecule has 0 bridgehead atoms. The van der Waals surface area contributed by atoms with Crippen molar-refractivity contribution >= 4 is 24.8 Å². The molecule has 1 fully saturated rings. The second kappa shape index (κ2) is 6.88. The number of halogens is 2. The fraction of sp³-hybridized carbons (Fsp3) is 0.500. The van der Waals surface area contributed by atoms with Gasteiger partial charge in [0.25, 0.3) is 0 Å². The summed E-state index contributed by atoms with van der Waals surface area (Å²) in [7, 11) is 0. The van der Waals surface area contributed by atoms with E-state index >= 15 is 0 Å². The Hall–Kier alpha value is -0.510. The van der Waals surface area contributed by atoms with Crippen LogP contribution >= 0.6 is 24.8 Å². The van der Waals surface area contributed by atoms with Crippen LogP contribution in [0.25, 0.3) is 0 Å².